The van der Waals surface area contributed by atoms with Crippen LogP contribution >= 0.6 is 0 Å². The zero-order chi connectivity index (χ0) is 25.0. The number of hydrogen-bond donors (Lipinski definition) is 3. The van der Waals surface area contributed by atoms with Gasteiger partial charge in [0.2, 0.25) is 0 Å². The van der Waals surface area contributed by atoms with Gasteiger partial charge in [-0.25, -0.2) is 4.79 Å². The molecular formula is C26H36F3N3O3. The van der Waals surface area contributed by atoms with Gasteiger partial charge in [-0.15, -0.1) is 0 Å². The van der Waals surface area contributed by atoms with Crippen LogP contribution in [-0.2, 0) is 17.5 Å². The number of fused-ring (bicyclic) bond motifs is 1. The average Bonchev–Trinajstić information content (AvgIpc) is 3.53. The zero-order valence-corrected chi connectivity index (χ0v) is 20.0. The normalized spacial score (nSPS) is 26.1. The first-order valence-corrected chi connectivity index (χ1v) is 12.8. The number of rotatable bonds is 10. The van der Waals surface area contributed by atoms with Crippen LogP contribution < -0.4 is 10.6 Å². The van der Waals surface area contributed by atoms with Gasteiger partial charge < -0.3 is 15.7 Å². The Balaban J connectivity index is 1.25. The smallest absolute Gasteiger partial charge is 0.416 e. The van der Waals surface area contributed by atoms with E-state index in [1.54, 1.807) is 12.1 Å². The molecule has 0 bridgehead atoms. The topological polar surface area (TPSA) is 81.7 Å². The van der Waals surface area contributed by atoms with E-state index in [0.29, 0.717) is 37.8 Å². The lowest BCUT2D eigenvalue weighted by Gasteiger charge is -2.25. The van der Waals surface area contributed by atoms with E-state index in [0.717, 1.165) is 69.3 Å². The minimum atomic E-state index is -4.32. The van der Waals surface area contributed by atoms with E-state index < -0.39 is 17.8 Å². The minimum Gasteiger partial charge on any atom is -0.465 e. The van der Waals surface area contributed by atoms with Gasteiger partial charge in [-0.05, 0) is 61.6 Å². The monoisotopic (exact) mass is 495 g/mol. The number of amides is 1. The Hall–Kier alpha value is -2.13. The van der Waals surface area contributed by atoms with Gasteiger partial charge in [0.1, 0.15) is 5.78 Å². The van der Waals surface area contributed by atoms with Crippen molar-refractivity contribution in [2.45, 2.75) is 76.2 Å². The molecule has 194 valence electrons. The zero-order valence-electron chi connectivity index (χ0n) is 20.0. The molecule has 2 saturated carbocycles. The van der Waals surface area contributed by atoms with Crippen molar-refractivity contribution in [3.05, 3.63) is 35.4 Å². The maximum Gasteiger partial charge on any atom is 0.416 e. The van der Waals surface area contributed by atoms with Gasteiger partial charge in [-0.2, -0.15) is 13.2 Å². The van der Waals surface area contributed by atoms with E-state index in [4.69, 9.17) is 0 Å². The lowest BCUT2D eigenvalue weighted by atomic mass is 9.96. The maximum absolute atomic E-state index is 12.8. The number of nitrogens with zero attached hydrogens (tertiary/aromatic N) is 1. The molecule has 1 heterocycles. The molecule has 1 aliphatic heterocycles. The molecule has 3 aliphatic rings. The number of hydrogen-bond acceptors (Lipinski definition) is 4. The molecule has 3 N–H and O–H groups in total. The van der Waals surface area contributed by atoms with Gasteiger partial charge in [0.15, 0.2) is 0 Å². The summed E-state index contributed by atoms with van der Waals surface area (Å²) in [5.41, 5.74) is 0.249. The number of halogens is 3. The quantitative estimate of drug-likeness (QED) is 0.439. The Morgan fingerprint density at radius 3 is 2.43 bits per heavy atom. The molecule has 4 atom stereocenters. The van der Waals surface area contributed by atoms with E-state index in [-0.39, 0.29) is 23.8 Å². The summed E-state index contributed by atoms with van der Waals surface area (Å²) >= 11 is 0. The number of alkyl halides is 3. The SMILES string of the molecule is O=C(O)NC(CCC(=O)C1CCCC1)CN[C@H]1CC[C@@H]2CN(Cc3ccc(C(F)(F)F)cc3)C[C@@H]21. The lowest BCUT2D eigenvalue weighted by Crippen LogP contribution is -2.46. The van der Waals surface area contributed by atoms with E-state index in [9.17, 15) is 27.9 Å². The van der Waals surface area contributed by atoms with Crippen LogP contribution in [0.4, 0.5) is 18.0 Å². The number of carbonyl (C=O) groups excluding carboxylic acids is 1. The van der Waals surface area contributed by atoms with Crippen LogP contribution in [0.1, 0.15) is 62.5 Å². The molecule has 9 heteroatoms. The first-order valence-electron chi connectivity index (χ1n) is 12.8. The third-order valence-electron chi connectivity index (χ3n) is 8.12. The van der Waals surface area contributed by atoms with E-state index >= 15 is 0 Å². The number of carbonyl (C=O) groups is 2. The van der Waals surface area contributed by atoms with Crippen molar-refractivity contribution in [3.63, 3.8) is 0 Å². The summed E-state index contributed by atoms with van der Waals surface area (Å²) in [4.78, 5) is 26.0. The summed E-state index contributed by atoms with van der Waals surface area (Å²) in [6.07, 6.45) is 1.78. The highest BCUT2D eigenvalue weighted by molar-refractivity contribution is 5.81. The highest BCUT2D eigenvalue weighted by Crippen LogP contribution is 2.39. The van der Waals surface area contributed by atoms with E-state index in [2.05, 4.69) is 15.5 Å². The van der Waals surface area contributed by atoms with Crippen LogP contribution in [0.5, 0.6) is 0 Å². The Bertz CT molecular complexity index is 871. The highest BCUT2D eigenvalue weighted by Gasteiger charge is 2.42. The van der Waals surface area contributed by atoms with Crippen LogP contribution in [0.3, 0.4) is 0 Å². The second-order valence-electron chi connectivity index (χ2n) is 10.5. The van der Waals surface area contributed by atoms with Gasteiger partial charge in [0.05, 0.1) is 5.56 Å². The second kappa shape index (κ2) is 11.3. The fourth-order valence-electron chi connectivity index (χ4n) is 6.26. The molecule has 0 aromatic heterocycles. The summed E-state index contributed by atoms with van der Waals surface area (Å²) in [5, 5.41) is 15.4. The molecule has 1 aromatic rings. The third kappa shape index (κ3) is 6.97. The molecule has 0 radical (unpaired) electrons. The predicted molar refractivity (Wildman–Crippen MR) is 126 cm³/mol. The Labute approximate surface area is 204 Å². The van der Waals surface area contributed by atoms with E-state index in [1.165, 1.54) is 0 Å². The molecule has 3 fully saturated rings. The van der Waals surface area contributed by atoms with Crippen molar-refractivity contribution in [1.82, 2.24) is 15.5 Å². The minimum absolute atomic E-state index is 0.151. The molecule has 1 saturated heterocycles. The Kier molecular flexibility index (Phi) is 8.37. The summed E-state index contributed by atoms with van der Waals surface area (Å²) in [7, 11) is 0. The van der Waals surface area contributed by atoms with Crippen LogP contribution in [-0.4, -0.2) is 53.6 Å². The van der Waals surface area contributed by atoms with Crippen molar-refractivity contribution in [3.8, 4) is 0 Å². The van der Waals surface area contributed by atoms with Gasteiger partial charge >= 0.3 is 12.3 Å². The van der Waals surface area contributed by atoms with Crippen molar-refractivity contribution in [2.75, 3.05) is 19.6 Å². The molecular weight excluding hydrogens is 459 g/mol. The van der Waals surface area contributed by atoms with Gasteiger partial charge in [0, 0.05) is 50.6 Å². The largest absolute Gasteiger partial charge is 0.465 e. The number of likely N-dealkylation sites (tertiary alicyclic amines) is 1. The third-order valence-corrected chi connectivity index (χ3v) is 8.12. The van der Waals surface area contributed by atoms with E-state index in [1.807, 2.05) is 0 Å². The van der Waals surface area contributed by atoms with Crippen molar-refractivity contribution >= 4 is 11.9 Å². The number of benzene rings is 1. The summed E-state index contributed by atoms with van der Waals surface area (Å²) in [6, 6.07) is 5.37. The number of ketones is 1. The van der Waals surface area contributed by atoms with Crippen molar-refractivity contribution < 1.29 is 27.9 Å². The number of Topliss-reactive ketones (excluding diaryl/α,β-unsaturated/α-hetero) is 1. The van der Waals surface area contributed by atoms with Crippen LogP contribution in [0.15, 0.2) is 24.3 Å². The molecule has 1 aromatic carbocycles. The molecule has 1 amide bonds. The fraction of sp³-hybridized carbons (Fsp3) is 0.692. The molecule has 0 spiro atoms. The van der Waals surface area contributed by atoms with Gasteiger partial charge in [-0.1, -0.05) is 25.0 Å². The fourth-order valence-corrected chi connectivity index (χ4v) is 6.26. The predicted octanol–water partition coefficient (Wildman–Crippen LogP) is 4.68. The lowest BCUT2D eigenvalue weighted by molar-refractivity contribution is -0.137. The van der Waals surface area contributed by atoms with Gasteiger partial charge in [0.25, 0.3) is 0 Å². The molecule has 35 heavy (non-hydrogen) atoms. The van der Waals surface area contributed by atoms with Crippen LogP contribution in [0.25, 0.3) is 0 Å². The Morgan fingerprint density at radius 2 is 1.77 bits per heavy atom. The first-order chi connectivity index (χ1) is 16.7. The number of nitrogens with one attached hydrogen (secondary N) is 2. The molecule has 1 unspecified atom stereocenters. The second-order valence-corrected chi connectivity index (χ2v) is 10.5. The molecule has 2 aliphatic carbocycles. The average molecular weight is 496 g/mol. The standard InChI is InChI=1S/C26H36F3N3O3/c27-26(28,29)20-8-5-17(6-9-20)14-32-15-19-7-11-23(22(19)16-32)30-13-21(31-25(34)35)10-12-24(33)18-3-1-2-4-18/h5-6,8-9,18-19,21-23,30-31H,1-4,7,10-16H2,(H,34,35)/t19-,21?,22+,23+/m1/s1. The van der Waals surface area contributed by atoms with Crippen molar-refractivity contribution in [1.29, 1.82) is 0 Å². The highest BCUT2D eigenvalue weighted by atomic mass is 19.4. The Morgan fingerprint density at radius 1 is 1.06 bits per heavy atom. The number of carboxylic acid groups (broad SMARTS) is 1. The summed E-state index contributed by atoms with van der Waals surface area (Å²) < 4.78 is 38.4. The first kappa shape index (κ1) is 25.9. The molecule has 6 nitrogen and oxygen atoms in total. The van der Waals surface area contributed by atoms with Crippen LogP contribution in [0, 0.1) is 17.8 Å². The molecule has 4 rings (SSSR count). The van der Waals surface area contributed by atoms with Gasteiger partial charge in [-0.3, -0.25) is 9.69 Å². The summed E-state index contributed by atoms with van der Waals surface area (Å²) in [5.74, 6) is 1.39. The summed E-state index contributed by atoms with van der Waals surface area (Å²) in [6.45, 7) is 2.93. The van der Waals surface area contributed by atoms with Crippen molar-refractivity contribution in [2.24, 2.45) is 17.8 Å². The maximum atomic E-state index is 12.8. The van der Waals surface area contributed by atoms with Crippen LogP contribution in [0.2, 0.25) is 0 Å².